The van der Waals surface area contributed by atoms with E-state index in [4.69, 9.17) is 16.3 Å². The van der Waals surface area contributed by atoms with E-state index in [0.29, 0.717) is 5.15 Å². The summed E-state index contributed by atoms with van der Waals surface area (Å²) < 4.78 is 5.24. The van der Waals surface area contributed by atoms with E-state index in [1.807, 2.05) is 32.0 Å². The Bertz CT molecular complexity index is 587. The molecule has 100 valence electrons. The number of hydrogen-bond acceptors (Lipinski definition) is 4. The van der Waals surface area contributed by atoms with Crippen molar-refractivity contribution in [1.29, 1.82) is 0 Å². The van der Waals surface area contributed by atoms with Gasteiger partial charge in [-0.3, -0.25) is 0 Å². The summed E-state index contributed by atoms with van der Waals surface area (Å²) in [6.45, 7) is 4.02. The van der Waals surface area contributed by atoms with Gasteiger partial charge in [-0.05, 0) is 37.1 Å². The number of benzene rings is 1. The number of nitrogens with one attached hydrogen (secondary N) is 1. The van der Waals surface area contributed by atoms with Gasteiger partial charge in [0.1, 0.15) is 23.0 Å². The second-order valence-electron chi connectivity index (χ2n) is 4.15. The van der Waals surface area contributed by atoms with Crippen molar-refractivity contribution in [2.75, 3.05) is 12.4 Å². The standard InChI is InChI=1S/C14H16ClN3O/c1-4-11-13(15)16-8-17-14(11)18-10-5-6-12(19-3)9(2)7-10/h5-8H,4H2,1-3H3,(H,16,17,18). The Balaban J connectivity index is 2.31. The van der Waals surface area contributed by atoms with Gasteiger partial charge >= 0.3 is 0 Å². The minimum absolute atomic E-state index is 0.491. The van der Waals surface area contributed by atoms with Crippen LogP contribution in [0.5, 0.6) is 5.75 Å². The molecule has 0 atom stereocenters. The molecule has 2 rings (SSSR count). The van der Waals surface area contributed by atoms with Crippen LogP contribution in [0.4, 0.5) is 11.5 Å². The summed E-state index contributed by atoms with van der Waals surface area (Å²) in [5, 5.41) is 3.76. The summed E-state index contributed by atoms with van der Waals surface area (Å²) in [6.07, 6.45) is 2.23. The van der Waals surface area contributed by atoms with E-state index >= 15 is 0 Å². The zero-order chi connectivity index (χ0) is 13.8. The van der Waals surface area contributed by atoms with Gasteiger partial charge in [0, 0.05) is 11.3 Å². The van der Waals surface area contributed by atoms with Crippen molar-refractivity contribution >= 4 is 23.1 Å². The van der Waals surface area contributed by atoms with Crippen molar-refractivity contribution in [3.63, 3.8) is 0 Å². The number of methoxy groups -OCH3 is 1. The van der Waals surface area contributed by atoms with Crippen LogP contribution in [0.25, 0.3) is 0 Å². The number of anilines is 2. The molecule has 0 bridgehead atoms. The largest absolute Gasteiger partial charge is 0.496 e. The topological polar surface area (TPSA) is 47.0 Å². The third-order valence-corrected chi connectivity index (χ3v) is 3.23. The van der Waals surface area contributed by atoms with Crippen LogP contribution < -0.4 is 10.1 Å². The van der Waals surface area contributed by atoms with Gasteiger partial charge in [0.25, 0.3) is 0 Å². The molecule has 0 spiro atoms. The molecule has 0 aliphatic carbocycles. The van der Waals surface area contributed by atoms with E-state index in [1.54, 1.807) is 7.11 Å². The Labute approximate surface area is 117 Å². The van der Waals surface area contributed by atoms with E-state index in [-0.39, 0.29) is 0 Å². The molecular weight excluding hydrogens is 262 g/mol. The first-order chi connectivity index (χ1) is 9.15. The second kappa shape index (κ2) is 5.89. The molecule has 0 aliphatic heterocycles. The van der Waals surface area contributed by atoms with E-state index in [0.717, 1.165) is 34.8 Å². The van der Waals surface area contributed by atoms with Crippen molar-refractivity contribution in [3.8, 4) is 5.75 Å². The summed E-state index contributed by atoms with van der Waals surface area (Å²) in [5.41, 5.74) is 2.92. The summed E-state index contributed by atoms with van der Waals surface area (Å²) >= 11 is 6.06. The summed E-state index contributed by atoms with van der Waals surface area (Å²) in [5.74, 6) is 1.61. The van der Waals surface area contributed by atoms with E-state index < -0.39 is 0 Å². The SMILES string of the molecule is CCc1c(Cl)ncnc1Nc1ccc(OC)c(C)c1. The van der Waals surface area contributed by atoms with Gasteiger partial charge in [0.05, 0.1) is 7.11 Å². The van der Waals surface area contributed by atoms with Gasteiger partial charge in [0.2, 0.25) is 0 Å². The van der Waals surface area contributed by atoms with Crippen LogP contribution in [0.15, 0.2) is 24.5 Å². The molecule has 2 aromatic rings. The lowest BCUT2D eigenvalue weighted by Gasteiger charge is -2.12. The fraction of sp³-hybridized carbons (Fsp3) is 0.286. The number of aryl methyl sites for hydroxylation is 1. The van der Waals surface area contributed by atoms with E-state index in [1.165, 1.54) is 6.33 Å². The lowest BCUT2D eigenvalue weighted by atomic mass is 10.2. The second-order valence-corrected chi connectivity index (χ2v) is 4.51. The van der Waals surface area contributed by atoms with Gasteiger partial charge in [0.15, 0.2) is 0 Å². The Kier molecular flexibility index (Phi) is 4.22. The number of rotatable bonds is 4. The first kappa shape index (κ1) is 13.6. The average molecular weight is 278 g/mol. The highest BCUT2D eigenvalue weighted by Crippen LogP contribution is 2.26. The monoisotopic (exact) mass is 277 g/mol. The van der Waals surface area contributed by atoms with Crippen molar-refractivity contribution < 1.29 is 4.74 Å². The highest BCUT2D eigenvalue weighted by molar-refractivity contribution is 6.30. The van der Waals surface area contributed by atoms with Crippen LogP contribution in [-0.2, 0) is 6.42 Å². The normalized spacial score (nSPS) is 10.3. The molecule has 0 aliphatic rings. The Hall–Kier alpha value is -1.81. The molecule has 1 N–H and O–H groups in total. The fourth-order valence-corrected chi connectivity index (χ4v) is 2.17. The molecule has 4 nitrogen and oxygen atoms in total. The number of aromatic nitrogens is 2. The molecule has 0 radical (unpaired) electrons. The van der Waals surface area contributed by atoms with Crippen LogP contribution in [0.1, 0.15) is 18.1 Å². The first-order valence-corrected chi connectivity index (χ1v) is 6.44. The Morgan fingerprint density at radius 2 is 2.11 bits per heavy atom. The van der Waals surface area contributed by atoms with Gasteiger partial charge < -0.3 is 10.1 Å². The summed E-state index contributed by atoms with van der Waals surface area (Å²) in [4.78, 5) is 8.23. The molecule has 0 saturated heterocycles. The fourth-order valence-electron chi connectivity index (χ4n) is 1.90. The maximum atomic E-state index is 6.06. The number of nitrogens with zero attached hydrogens (tertiary/aromatic N) is 2. The highest BCUT2D eigenvalue weighted by Gasteiger charge is 2.08. The van der Waals surface area contributed by atoms with Crippen LogP contribution in [0, 0.1) is 6.92 Å². The van der Waals surface area contributed by atoms with Crippen molar-refractivity contribution in [2.45, 2.75) is 20.3 Å². The number of halogens is 1. The van der Waals surface area contributed by atoms with Crippen LogP contribution in [-0.4, -0.2) is 17.1 Å². The molecule has 0 unspecified atom stereocenters. The van der Waals surface area contributed by atoms with Gasteiger partial charge in [-0.2, -0.15) is 0 Å². The van der Waals surface area contributed by atoms with Crippen molar-refractivity contribution in [3.05, 3.63) is 40.8 Å². The average Bonchev–Trinajstić information content (AvgIpc) is 2.39. The quantitative estimate of drug-likeness (QED) is 0.865. The third kappa shape index (κ3) is 2.96. The first-order valence-electron chi connectivity index (χ1n) is 6.06. The number of hydrogen-bond donors (Lipinski definition) is 1. The maximum Gasteiger partial charge on any atom is 0.138 e. The lowest BCUT2D eigenvalue weighted by Crippen LogP contribution is -2.01. The highest BCUT2D eigenvalue weighted by atomic mass is 35.5. The van der Waals surface area contributed by atoms with Gasteiger partial charge in [-0.1, -0.05) is 18.5 Å². The number of ether oxygens (including phenoxy) is 1. The van der Waals surface area contributed by atoms with Crippen LogP contribution >= 0.6 is 11.6 Å². The van der Waals surface area contributed by atoms with Crippen LogP contribution in [0.2, 0.25) is 5.15 Å². The van der Waals surface area contributed by atoms with Gasteiger partial charge in [-0.15, -0.1) is 0 Å². The molecule has 0 fully saturated rings. The molecule has 1 aromatic heterocycles. The smallest absolute Gasteiger partial charge is 0.138 e. The van der Waals surface area contributed by atoms with Crippen LogP contribution in [0.3, 0.4) is 0 Å². The molecule has 0 amide bonds. The molecular formula is C14H16ClN3O. The summed E-state index contributed by atoms with van der Waals surface area (Å²) in [6, 6.07) is 5.88. The zero-order valence-corrected chi connectivity index (χ0v) is 12.0. The summed E-state index contributed by atoms with van der Waals surface area (Å²) in [7, 11) is 1.66. The predicted octanol–water partition coefficient (Wildman–Crippen LogP) is 3.75. The predicted molar refractivity (Wildman–Crippen MR) is 77.4 cm³/mol. The maximum absolute atomic E-state index is 6.06. The molecule has 1 heterocycles. The Morgan fingerprint density at radius 1 is 1.32 bits per heavy atom. The van der Waals surface area contributed by atoms with Gasteiger partial charge in [-0.25, -0.2) is 9.97 Å². The van der Waals surface area contributed by atoms with E-state index in [2.05, 4.69) is 15.3 Å². The third-order valence-electron chi connectivity index (χ3n) is 2.90. The minimum Gasteiger partial charge on any atom is -0.496 e. The molecule has 19 heavy (non-hydrogen) atoms. The Morgan fingerprint density at radius 3 is 2.74 bits per heavy atom. The lowest BCUT2D eigenvalue weighted by molar-refractivity contribution is 0.412. The zero-order valence-electron chi connectivity index (χ0n) is 11.2. The van der Waals surface area contributed by atoms with Crippen molar-refractivity contribution in [1.82, 2.24) is 9.97 Å². The minimum atomic E-state index is 0.491. The molecule has 5 heteroatoms. The van der Waals surface area contributed by atoms with E-state index in [9.17, 15) is 0 Å². The molecule has 1 aromatic carbocycles. The molecule has 0 saturated carbocycles. The van der Waals surface area contributed by atoms with Crippen molar-refractivity contribution in [2.24, 2.45) is 0 Å².